The first-order chi connectivity index (χ1) is 11.1. The largest absolute Gasteiger partial charge is 0.497 e. The summed E-state index contributed by atoms with van der Waals surface area (Å²) in [6, 6.07) is 9.98. The number of nitrogens with one attached hydrogen (secondary N) is 1. The van der Waals surface area contributed by atoms with Gasteiger partial charge in [0.05, 0.1) is 12.7 Å². The Hall–Kier alpha value is -2.89. The van der Waals surface area contributed by atoms with Crippen LogP contribution < -0.4 is 10.1 Å². The number of ether oxygens (including phenoxy) is 2. The van der Waals surface area contributed by atoms with Crippen LogP contribution in [-0.4, -0.2) is 30.1 Å². The van der Waals surface area contributed by atoms with Gasteiger partial charge >= 0.3 is 5.97 Å². The molecule has 2 aromatic rings. The van der Waals surface area contributed by atoms with Crippen LogP contribution in [0.1, 0.15) is 23.7 Å². The third-order valence-electron chi connectivity index (χ3n) is 3.19. The summed E-state index contributed by atoms with van der Waals surface area (Å²) in [5.74, 6) is -0.233. The van der Waals surface area contributed by atoms with Crippen molar-refractivity contribution in [2.75, 3.05) is 12.4 Å². The van der Waals surface area contributed by atoms with Crippen molar-refractivity contribution < 1.29 is 19.1 Å². The molecule has 0 spiro atoms. The highest BCUT2D eigenvalue weighted by Gasteiger charge is 2.22. The molecule has 1 unspecified atom stereocenters. The maximum absolute atomic E-state index is 12.2. The van der Waals surface area contributed by atoms with E-state index in [1.165, 1.54) is 24.5 Å². The molecule has 1 atom stereocenters. The van der Waals surface area contributed by atoms with Crippen LogP contribution in [0.3, 0.4) is 0 Å². The first kappa shape index (κ1) is 16.5. The summed E-state index contributed by atoms with van der Waals surface area (Å²) in [6.07, 6.45) is 2.50. The molecule has 1 amide bonds. The first-order valence-corrected chi connectivity index (χ1v) is 7.20. The fourth-order valence-electron chi connectivity index (χ4n) is 1.90. The summed E-state index contributed by atoms with van der Waals surface area (Å²) in [4.78, 5) is 28.1. The second-order valence-corrected chi connectivity index (χ2v) is 4.76. The van der Waals surface area contributed by atoms with Gasteiger partial charge in [0.15, 0.2) is 6.10 Å². The molecule has 2 rings (SSSR count). The highest BCUT2D eigenvalue weighted by molar-refractivity contribution is 5.97. The molecule has 0 saturated heterocycles. The third kappa shape index (κ3) is 4.54. The first-order valence-electron chi connectivity index (χ1n) is 7.20. The number of amides is 1. The quantitative estimate of drug-likeness (QED) is 0.829. The SMILES string of the molecule is CCC(OC(=O)c1ccncc1)C(=O)Nc1ccc(OC)cc1. The molecule has 1 heterocycles. The van der Waals surface area contributed by atoms with Gasteiger partial charge in [-0.05, 0) is 42.8 Å². The number of rotatable bonds is 6. The topological polar surface area (TPSA) is 77.5 Å². The van der Waals surface area contributed by atoms with E-state index < -0.39 is 12.1 Å². The Morgan fingerprint density at radius 3 is 2.35 bits per heavy atom. The van der Waals surface area contributed by atoms with E-state index in [-0.39, 0.29) is 5.91 Å². The lowest BCUT2D eigenvalue weighted by molar-refractivity contribution is -0.124. The minimum absolute atomic E-state index is 0.357. The molecule has 0 fully saturated rings. The van der Waals surface area contributed by atoms with Gasteiger partial charge in [-0.2, -0.15) is 0 Å². The molecule has 6 heteroatoms. The molecule has 0 aliphatic carbocycles. The van der Waals surface area contributed by atoms with E-state index >= 15 is 0 Å². The number of aromatic nitrogens is 1. The minimum Gasteiger partial charge on any atom is -0.497 e. The number of carbonyl (C=O) groups is 2. The second kappa shape index (κ2) is 7.93. The summed E-state index contributed by atoms with van der Waals surface area (Å²) in [5, 5.41) is 2.72. The Morgan fingerprint density at radius 2 is 1.78 bits per heavy atom. The number of pyridine rings is 1. The number of hydrogen-bond acceptors (Lipinski definition) is 5. The predicted molar refractivity (Wildman–Crippen MR) is 85.4 cm³/mol. The molecule has 1 N–H and O–H groups in total. The Balaban J connectivity index is 1.99. The van der Waals surface area contributed by atoms with Crippen molar-refractivity contribution in [3.8, 4) is 5.75 Å². The van der Waals surface area contributed by atoms with Crippen LogP contribution in [0.2, 0.25) is 0 Å². The molecule has 1 aromatic heterocycles. The van der Waals surface area contributed by atoms with E-state index in [1.54, 1.807) is 38.3 Å². The van der Waals surface area contributed by atoms with E-state index in [0.29, 0.717) is 23.4 Å². The summed E-state index contributed by atoms with van der Waals surface area (Å²) < 4.78 is 10.3. The van der Waals surface area contributed by atoms with Gasteiger partial charge in [0.2, 0.25) is 0 Å². The highest BCUT2D eigenvalue weighted by atomic mass is 16.5. The molecule has 0 aliphatic rings. The molecular formula is C17H18N2O4. The molecule has 0 radical (unpaired) electrons. The van der Waals surface area contributed by atoms with Crippen molar-refractivity contribution in [2.24, 2.45) is 0 Å². The van der Waals surface area contributed by atoms with Crippen LogP contribution in [0.15, 0.2) is 48.8 Å². The Kier molecular flexibility index (Phi) is 5.68. The number of hydrogen-bond donors (Lipinski definition) is 1. The van der Waals surface area contributed by atoms with Crippen LogP contribution in [0.4, 0.5) is 5.69 Å². The second-order valence-electron chi connectivity index (χ2n) is 4.76. The summed E-state index contributed by atoms with van der Waals surface area (Å²) in [5.41, 5.74) is 0.963. The molecule has 120 valence electrons. The lowest BCUT2D eigenvalue weighted by Crippen LogP contribution is -2.32. The van der Waals surface area contributed by atoms with Crippen molar-refractivity contribution in [1.82, 2.24) is 4.98 Å². The van der Waals surface area contributed by atoms with Crippen LogP contribution in [0.5, 0.6) is 5.75 Å². The molecular weight excluding hydrogens is 296 g/mol. The lowest BCUT2D eigenvalue weighted by Gasteiger charge is -2.16. The molecule has 0 bridgehead atoms. The van der Waals surface area contributed by atoms with Crippen molar-refractivity contribution in [3.63, 3.8) is 0 Å². The van der Waals surface area contributed by atoms with Gasteiger partial charge in [0.1, 0.15) is 5.75 Å². The van der Waals surface area contributed by atoms with Gasteiger partial charge in [-0.25, -0.2) is 4.79 Å². The normalized spacial score (nSPS) is 11.4. The Labute approximate surface area is 134 Å². The molecule has 0 aliphatic heterocycles. The Bertz CT molecular complexity index is 656. The zero-order valence-electron chi connectivity index (χ0n) is 13.0. The summed E-state index contributed by atoms with van der Waals surface area (Å²) in [6.45, 7) is 1.78. The van der Waals surface area contributed by atoms with E-state index in [4.69, 9.17) is 9.47 Å². The standard InChI is InChI=1S/C17H18N2O4/c1-3-15(23-17(21)12-8-10-18-11-9-12)16(20)19-13-4-6-14(22-2)7-5-13/h4-11,15H,3H2,1-2H3,(H,19,20). The predicted octanol–water partition coefficient (Wildman–Crippen LogP) is 2.66. The van der Waals surface area contributed by atoms with Crippen molar-refractivity contribution >= 4 is 17.6 Å². The number of carbonyl (C=O) groups excluding carboxylic acids is 2. The van der Waals surface area contributed by atoms with Crippen LogP contribution in [0, 0.1) is 0 Å². The number of methoxy groups -OCH3 is 1. The lowest BCUT2D eigenvalue weighted by atomic mass is 10.2. The van der Waals surface area contributed by atoms with Crippen molar-refractivity contribution in [2.45, 2.75) is 19.4 Å². The summed E-state index contributed by atoms with van der Waals surface area (Å²) in [7, 11) is 1.57. The maximum atomic E-state index is 12.2. The van der Waals surface area contributed by atoms with Crippen molar-refractivity contribution in [3.05, 3.63) is 54.4 Å². The maximum Gasteiger partial charge on any atom is 0.339 e. The van der Waals surface area contributed by atoms with Gasteiger partial charge in [-0.1, -0.05) is 6.92 Å². The van der Waals surface area contributed by atoms with Crippen LogP contribution in [0.25, 0.3) is 0 Å². The number of anilines is 1. The minimum atomic E-state index is -0.863. The van der Waals surface area contributed by atoms with Crippen LogP contribution >= 0.6 is 0 Å². The summed E-state index contributed by atoms with van der Waals surface area (Å²) >= 11 is 0. The molecule has 0 saturated carbocycles. The number of nitrogens with zero attached hydrogens (tertiary/aromatic N) is 1. The third-order valence-corrected chi connectivity index (χ3v) is 3.19. The zero-order valence-corrected chi connectivity index (χ0v) is 13.0. The average Bonchev–Trinajstić information content (AvgIpc) is 2.60. The van der Waals surface area contributed by atoms with E-state index in [2.05, 4.69) is 10.3 Å². The monoisotopic (exact) mass is 314 g/mol. The van der Waals surface area contributed by atoms with E-state index in [9.17, 15) is 9.59 Å². The fraction of sp³-hybridized carbons (Fsp3) is 0.235. The molecule has 6 nitrogen and oxygen atoms in total. The van der Waals surface area contributed by atoms with Gasteiger partial charge < -0.3 is 14.8 Å². The van der Waals surface area contributed by atoms with E-state index in [1.807, 2.05) is 0 Å². The van der Waals surface area contributed by atoms with Gasteiger partial charge in [0.25, 0.3) is 5.91 Å². The molecule has 1 aromatic carbocycles. The highest BCUT2D eigenvalue weighted by Crippen LogP contribution is 2.16. The number of benzene rings is 1. The van der Waals surface area contributed by atoms with Crippen molar-refractivity contribution in [1.29, 1.82) is 0 Å². The van der Waals surface area contributed by atoms with E-state index in [0.717, 1.165) is 0 Å². The van der Waals surface area contributed by atoms with Crippen LogP contribution in [-0.2, 0) is 9.53 Å². The zero-order chi connectivity index (χ0) is 16.7. The smallest absolute Gasteiger partial charge is 0.339 e. The average molecular weight is 314 g/mol. The Morgan fingerprint density at radius 1 is 1.13 bits per heavy atom. The molecule has 23 heavy (non-hydrogen) atoms. The number of esters is 1. The van der Waals surface area contributed by atoms with Gasteiger partial charge in [-0.3, -0.25) is 9.78 Å². The van der Waals surface area contributed by atoms with Gasteiger partial charge in [-0.15, -0.1) is 0 Å². The van der Waals surface area contributed by atoms with Gasteiger partial charge in [0, 0.05) is 18.1 Å². The fourth-order valence-corrected chi connectivity index (χ4v) is 1.90.